The van der Waals surface area contributed by atoms with Gasteiger partial charge in [0.05, 0.1) is 62.9 Å². The molecule has 0 amide bonds. The minimum atomic E-state index is 0.563. The molecule has 5 nitrogen and oxygen atoms in total. The number of pyridine rings is 1. The van der Waals surface area contributed by atoms with E-state index in [1.165, 1.54) is 32.3 Å². The number of nitrogens with zero attached hydrogens (tertiary/aromatic N) is 5. The number of hydrogen-bond donors (Lipinski definition) is 0. The molecule has 0 spiro atoms. The van der Waals surface area contributed by atoms with Crippen molar-refractivity contribution in [1.82, 2.24) is 18.7 Å². The van der Waals surface area contributed by atoms with E-state index in [9.17, 15) is 0 Å². The van der Waals surface area contributed by atoms with E-state index in [0.29, 0.717) is 5.69 Å². The minimum Gasteiger partial charge on any atom is -0.308 e. The molecule has 11 aromatic rings. The molecule has 0 bridgehead atoms. The van der Waals surface area contributed by atoms with Crippen LogP contribution in [0.1, 0.15) is 0 Å². The molecule has 11 rings (SSSR count). The zero-order valence-corrected chi connectivity index (χ0v) is 28.5. The summed E-state index contributed by atoms with van der Waals surface area (Å²) in [5.41, 5.74) is 11.8. The minimum absolute atomic E-state index is 0.563. The summed E-state index contributed by atoms with van der Waals surface area (Å²) in [7, 11) is 0. The third-order valence-corrected chi connectivity index (χ3v) is 10.7. The molecular formula is C48H29N5. The lowest BCUT2D eigenvalue weighted by atomic mass is 10.0. The number of hydrogen-bond acceptors (Lipinski definition) is 1. The van der Waals surface area contributed by atoms with Gasteiger partial charge in [-0.2, -0.15) is 0 Å². The highest BCUT2D eigenvalue weighted by molar-refractivity contribution is 6.12. The molecule has 5 heteroatoms. The van der Waals surface area contributed by atoms with Crippen molar-refractivity contribution in [2.24, 2.45) is 0 Å². The molecular weight excluding hydrogens is 647 g/mol. The Morgan fingerprint density at radius 1 is 0.396 bits per heavy atom. The molecule has 4 heterocycles. The third-order valence-electron chi connectivity index (χ3n) is 10.7. The lowest BCUT2D eigenvalue weighted by molar-refractivity contribution is 1.10. The zero-order chi connectivity index (χ0) is 35.0. The summed E-state index contributed by atoms with van der Waals surface area (Å²) in [6.07, 6.45) is 3.80. The van der Waals surface area contributed by atoms with Crippen molar-refractivity contribution in [2.75, 3.05) is 0 Å². The maximum absolute atomic E-state index is 8.58. The molecule has 0 aliphatic carbocycles. The van der Waals surface area contributed by atoms with Crippen LogP contribution in [0.25, 0.3) is 98.5 Å². The van der Waals surface area contributed by atoms with Crippen molar-refractivity contribution in [3.63, 3.8) is 0 Å². The second kappa shape index (κ2) is 11.3. The summed E-state index contributed by atoms with van der Waals surface area (Å²) < 4.78 is 6.97. The molecule has 0 N–H and O–H groups in total. The highest BCUT2D eigenvalue weighted by Gasteiger charge is 2.22. The Hall–Kier alpha value is -7.42. The van der Waals surface area contributed by atoms with Crippen molar-refractivity contribution < 1.29 is 0 Å². The Balaban J connectivity index is 1.25. The molecule has 0 saturated heterocycles. The first-order chi connectivity index (χ1) is 26.3. The summed E-state index contributed by atoms with van der Waals surface area (Å²) in [5.74, 6) is 0. The maximum Gasteiger partial charge on any atom is 0.197 e. The summed E-state index contributed by atoms with van der Waals surface area (Å²) in [5, 5.41) is 7.10. The highest BCUT2D eigenvalue weighted by Crippen LogP contribution is 2.43. The summed E-state index contributed by atoms with van der Waals surface area (Å²) in [6, 6.07) is 57.7. The fourth-order valence-electron chi connectivity index (χ4n) is 8.51. The van der Waals surface area contributed by atoms with Gasteiger partial charge in [0, 0.05) is 38.5 Å². The van der Waals surface area contributed by atoms with Crippen molar-refractivity contribution in [3.05, 3.63) is 188 Å². The number of aromatic nitrogens is 4. The Morgan fingerprint density at radius 3 is 1.15 bits per heavy atom. The molecule has 0 radical (unpaired) electrons. The first kappa shape index (κ1) is 29.3. The molecule has 0 saturated carbocycles. The largest absolute Gasteiger partial charge is 0.308 e. The van der Waals surface area contributed by atoms with Crippen LogP contribution < -0.4 is 0 Å². The van der Waals surface area contributed by atoms with Gasteiger partial charge in [0.15, 0.2) is 5.69 Å². The molecule has 0 fully saturated rings. The fourth-order valence-corrected chi connectivity index (χ4v) is 8.51. The van der Waals surface area contributed by atoms with Crippen molar-refractivity contribution in [3.8, 4) is 28.2 Å². The number of fused-ring (bicyclic) bond motifs is 9. The number of rotatable bonds is 4. The Labute approximate surface area is 304 Å². The van der Waals surface area contributed by atoms with Gasteiger partial charge in [0.25, 0.3) is 0 Å². The first-order valence-electron chi connectivity index (χ1n) is 17.7. The summed E-state index contributed by atoms with van der Waals surface area (Å²) in [6.45, 7) is 8.58. The van der Waals surface area contributed by atoms with Crippen LogP contribution in [0.3, 0.4) is 0 Å². The van der Waals surface area contributed by atoms with Crippen LogP contribution in [-0.4, -0.2) is 18.7 Å². The van der Waals surface area contributed by atoms with Gasteiger partial charge in [-0.15, -0.1) is 0 Å². The van der Waals surface area contributed by atoms with Crippen LogP contribution in [0.5, 0.6) is 0 Å². The van der Waals surface area contributed by atoms with Crippen molar-refractivity contribution in [1.29, 1.82) is 0 Å². The monoisotopic (exact) mass is 675 g/mol. The van der Waals surface area contributed by atoms with Gasteiger partial charge in [-0.25, -0.2) is 4.85 Å². The lowest BCUT2D eigenvalue weighted by Gasteiger charge is -2.20. The molecule has 0 atom stereocenters. The molecule has 0 unspecified atom stereocenters. The normalized spacial score (nSPS) is 11.8. The standard InChI is InChI=1S/C48H29N5/c1-49-40-28-48(53-45-24-12-6-18-37(45)38-19-7-13-25-46(38)53)47(52-43-22-10-4-16-35(43)36-17-5-11-23-44(36)52)27-39(40)31-26-32(30-50-29-31)51-41-20-8-2-14-33(41)34-15-3-9-21-42(34)51/h2-30H. The highest BCUT2D eigenvalue weighted by atomic mass is 15.1. The van der Waals surface area contributed by atoms with Gasteiger partial charge < -0.3 is 13.7 Å². The Morgan fingerprint density at radius 2 is 0.755 bits per heavy atom. The first-order valence-corrected chi connectivity index (χ1v) is 17.7. The van der Waals surface area contributed by atoms with Crippen molar-refractivity contribution in [2.45, 2.75) is 0 Å². The van der Waals surface area contributed by atoms with E-state index < -0.39 is 0 Å². The molecule has 246 valence electrons. The summed E-state index contributed by atoms with van der Waals surface area (Å²) in [4.78, 5) is 9.03. The molecule has 7 aromatic carbocycles. The average molecular weight is 676 g/mol. The topological polar surface area (TPSA) is 32.0 Å². The molecule has 0 aliphatic rings. The van der Waals surface area contributed by atoms with E-state index in [0.717, 1.165) is 61.3 Å². The second-order valence-corrected chi connectivity index (χ2v) is 13.5. The second-order valence-electron chi connectivity index (χ2n) is 13.5. The van der Waals surface area contributed by atoms with Gasteiger partial charge in [0.2, 0.25) is 0 Å². The van der Waals surface area contributed by atoms with Crippen molar-refractivity contribution >= 4 is 71.1 Å². The van der Waals surface area contributed by atoms with E-state index in [1.807, 2.05) is 12.4 Å². The summed E-state index contributed by atoms with van der Waals surface area (Å²) >= 11 is 0. The van der Waals surface area contributed by atoms with Gasteiger partial charge in [-0.3, -0.25) is 4.98 Å². The average Bonchev–Trinajstić information content (AvgIpc) is 3.86. The van der Waals surface area contributed by atoms with E-state index in [4.69, 9.17) is 11.6 Å². The predicted molar refractivity (Wildman–Crippen MR) is 219 cm³/mol. The van der Waals surface area contributed by atoms with Crippen LogP contribution >= 0.6 is 0 Å². The van der Waals surface area contributed by atoms with Crippen LogP contribution in [0.4, 0.5) is 5.69 Å². The van der Waals surface area contributed by atoms with Crippen LogP contribution in [0.2, 0.25) is 0 Å². The van der Waals surface area contributed by atoms with Gasteiger partial charge in [-0.05, 0) is 65.7 Å². The van der Waals surface area contributed by atoms with E-state index in [1.54, 1.807) is 0 Å². The Kier molecular flexibility index (Phi) is 6.25. The molecule has 4 aromatic heterocycles. The Bertz CT molecular complexity index is 3150. The van der Waals surface area contributed by atoms with Crippen LogP contribution in [-0.2, 0) is 0 Å². The third kappa shape index (κ3) is 4.21. The van der Waals surface area contributed by atoms with Crippen LogP contribution in [0, 0.1) is 6.57 Å². The van der Waals surface area contributed by atoms with E-state index in [-0.39, 0.29) is 0 Å². The molecule has 0 aliphatic heterocycles. The predicted octanol–water partition coefficient (Wildman–Crippen LogP) is 12.6. The van der Waals surface area contributed by atoms with Gasteiger partial charge in [0.1, 0.15) is 0 Å². The van der Waals surface area contributed by atoms with E-state index >= 15 is 0 Å². The smallest absolute Gasteiger partial charge is 0.197 e. The maximum atomic E-state index is 8.58. The molecule has 53 heavy (non-hydrogen) atoms. The fraction of sp³-hybridized carbons (Fsp3) is 0. The zero-order valence-electron chi connectivity index (χ0n) is 28.5. The lowest BCUT2D eigenvalue weighted by Crippen LogP contribution is -2.04. The number of para-hydroxylation sites is 6. The SMILES string of the molecule is [C-]#[N+]c1cc(-n2c3ccccc3c3ccccc32)c(-n2c3ccccc3c3ccccc32)cc1-c1cncc(-n2c3ccccc3c3ccccc32)c1. The van der Waals surface area contributed by atoms with Gasteiger partial charge >= 0.3 is 0 Å². The van der Waals surface area contributed by atoms with Crippen LogP contribution in [0.15, 0.2) is 176 Å². The quantitative estimate of drug-likeness (QED) is 0.171. The van der Waals surface area contributed by atoms with Gasteiger partial charge in [-0.1, -0.05) is 109 Å². The number of benzene rings is 7. The van der Waals surface area contributed by atoms with E-state index in [2.05, 4.69) is 182 Å².